The van der Waals surface area contributed by atoms with E-state index in [1.807, 2.05) is 13.0 Å². The third-order valence-corrected chi connectivity index (χ3v) is 2.81. The van der Waals surface area contributed by atoms with E-state index in [1.165, 1.54) is 11.1 Å². The van der Waals surface area contributed by atoms with Crippen molar-refractivity contribution in [3.63, 3.8) is 0 Å². The van der Waals surface area contributed by atoms with Gasteiger partial charge in [-0.25, -0.2) is 9.97 Å². The summed E-state index contributed by atoms with van der Waals surface area (Å²) in [5, 5.41) is 8.74. The van der Waals surface area contributed by atoms with Gasteiger partial charge in [0.25, 0.3) is 0 Å². The van der Waals surface area contributed by atoms with Gasteiger partial charge in [-0.2, -0.15) is 5.26 Å². The second-order valence-corrected chi connectivity index (χ2v) is 4.46. The van der Waals surface area contributed by atoms with Gasteiger partial charge in [-0.05, 0) is 38.5 Å². The highest BCUT2D eigenvalue weighted by Gasteiger charge is 2.07. The molecule has 1 aromatic carbocycles. The molecular formula is C15H15N3. The average molecular weight is 237 g/mol. The Morgan fingerprint density at radius 1 is 1.11 bits per heavy atom. The number of aromatic nitrogens is 2. The van der Waals surface area contributed by atoms with Crippen LogP contribution >= 0.6 is 0 Å². The standard InChI is InChI=1S/C15H15N3/c1-10-4-5-11(2)13(8-10)14-9-12(3)17-15(18-14)6-7-16/h4-5,8-9H,6H2,1-3H3. The van der Waals surface area contributed by atoms with E-state index in [0.717, 1.165) is 17.0 Å². The molecule has 0 radical (unpaired) electrons. The van der Waals surface area contributed by atoms with Gasteiger partial charge in [0.2, 0.25) is 0 Å². The summed E-state index contributed by atoms with van der Waals surface area (Å²) in [5.41, 5.74) is 5.29. The van der Waals surface area contributed by atoms with Crippen LogP contribution in [0.15, 0.2) is 24.3 Å². The first-order chi connectivity index (χ1) is 8.60. The quantitative estimate of drug-likeness (QED) is 0.806. The zero-order valence-corrected chi connectivity index (χ0v) is 10.9. The van der Waals surface area contributed by atoms with Crippen LogP contribution in [0.5, 0.6) is 0 Å². The number of aryl methyl sites for hydroxylation is 3. The van der Waals surface area contributed by atoms with Crippen molar-refractivity contribution in [1.82, 2.24) is 9.97 Å². The molecule has 0 bridgehead atoms. The Bertz CT molecular complexity index is 624. The number of hydrogen-bond donors (Lipinski definition) is 0. The molecule has 3 nitrogen and oxygen atoms in total. The number of nitriles is 1. The second-order valence-electron chi connectivity index (χ2n) is 4.46. The summed E-state index contributed by atoms with van der Waals surface area (Å²) in [4.78, 5) is 8.73. The van der Waals surface area contributed by atoms with Gasteiger partial charge >= 0.3 is 0 Å². The van der Waals surface area contributed by atoms with Crippen LogP contribution < -0.4 is 0 Å². The number of benzene rings is 1. The smallest absolute Gasteiger partial charge is 0.143 e. The fourth-order valence-corrected chi connectivity index (χ4v) is 1.93. The van der Waals surface area contributed by atoms with Gasteiger partial charge < -0.3 is 0 Å². The molecule has 1 heterocycles. The van der Waals surface area contributed by atoms with E-state index in [-0.39, 0.29) is 6.42 Å². The highest BCUT2D eigenvalue weighted by molar-refractivity contribution is 5.64. The van der Waals surface area contributed by atoms with E-state index >= 15 is 0 Å². The van der Waals surface area contributed by atoms with Crippen LogP contribution in [0.2, 0.25) is 0 Å². The Hall–Kier alpha value is -2.21. The minimum Gasteiger partial charge on any atom is -0.237 e. The molecule has 0 spiro atoms. The number of nitrogens with zero attached hydrogens (tertiary/aromatic N) is 3. The first kappa shape index (κ1) is 12.3. The summed E-state index contributed by atoms with van der Waals surface area (Å²) in [7, 11) is 0. The normalized spacial score (nSPS) is 10.1. The maximum atomic E-state index is 8.74. The molecule has 0 fully saturated rings. The molecule has 0 amide bonds. The van der Waals surface area contributed by atoms with Crippen molar-refractivity contribution in [3.05, 3.63) is 46.9 Å². The van der Waals surface area contributed by atoms with Gasteiger partial charge in [-0.1, -0.05) is 17.7 Å². The van der Waals surface area contributed by atoms with E-state index in [9.17, 15) is 0 Å². The van der Waals surface area contributed by atoms with E-state index in [2.05, 4.69) is 48.1 Å². The van der Waals surface area contributed by atoms with Crippen molar-refractivity contribution in [2.45, 2.75) is 27.2 Å². The van der Waals surface area contributed by atoms with Crippen LogP contribution in [-0.4, -0.2) is 9.97 Å². The lowest BCUT2D eigenvalue weighted by molar-refractivity contribution is 0.968. The third kappa shape index (κ3) is 2.54. The Labute approximate surface area is 107 Å². The summed E-state index contributed by atoms with van der Waals surface area (Å²) in [6.07, 6.45) is 0.250. The monoisotopic (exact) mass is 237 g/mol. The topological polar surface area (TPSA) is 49.6 Å². The minimum absolute atomic E-state index is 0.250. The van der Waals surface area contributed by atoms with Gasteiger partial charge in [-0.15, -0.1) is 0 Å². The summed E-state index contributed by atoms with van der Waals surface area (Å²) in [6, 6.07) is 10.3. The summed E-state index contributed by atoms with van der Waals surface area (Å²) >= 11 is 0. The van der Waals surface area contributed by atoms with Crippen LogP contribution in [0.3, 0.4) is 0 Å². The largest absolute Gasteiger partial charge is 0.237 e. The Morgan fingerprint density at radius 2 is 1.89 bits per heavy atom. The SMILES string of the molecule is Cc1ccc(C)c(-c2cc(C)nc(CC#N)n2)c1. The van der Waals surface area contributed by atoms with E-state index in [4.69, 9.17) is 5.26 Å². The van der Waals surface area contributed by atoms with Crippen LogP contribution in [0.25, 0.3) is 11.3 Å². The molecule has 0 N–H and O–H groups in total. The second kappa shape index (κ2) is 4.97. The molecule has 0 saturated heterocycles. The van der Waals surface area contributed by atoms with Crippen molar-refractivity contribution >= 4 is 0 Å². The maximum Gasteiger partial charge on any atom is 0.143 e. The van der Waals surface area contributed by atoms with Gasteiger partial charge in [0.05, 0.1) is 18.2 Å². The van der Waals surface area contributed by atoms with Crippen LogP contribution in [0.4, 0.5) is 0 Å². The molecule has 90 valence electrons. The summed E-state index contributed by atoms with van der Waals surface area (Å²) < 4.78 is 0. The van der Waals surface area contributed by atoms with Crippen LogP contribution in [0, 0.1) is 32.1 Å². The summed E-state index contributed by atoms with van der Waals surface area (Å²) in [5.74, 6) is 0.591. The molecule has 0 unspecified atom stereocenters. The Balaban J connectivity index is 2.56. The van der Waals surface area contributed by atoms with Crippen LogP contribution in [-0.2, 0) is 6.42 Å². The lowest BCUT2D eigenvalue weighted by Crippen LogP contribution is -1.99. The molecule has 1 aromatic heterocycles. The van der Waals surface area contributed by atoms with Gasteiger partial charge in [-0.3, -0.25) is 0 Å². The van der Waals surface area contributed by atoms with Gasteiger partial charge in [0.15, 0.2) is 0 Å². The van der Waals surface area contributed by atoms with Gasteiger partial charge in [0.1, 0.15) is 5.82 Å². The molecule has 18 heavy (non-hydrogen) atoms. The van der Waals surface area contributed by atoms with Gasteiger partial charge in [0, 0.05) is 11.3 Å². The first-order valence-corrected chi connectivity index (χ1v) is 5.89. The molecule has 0 saturated carbocycles. The van der Waals surface area contributed by atoms with E-state index in [1.54, 1.807) is 0 Å². The molecule has 0 aliphatic carbocycles. The zero-order chi connectivity index (χ0) is 13.1. The highest BCUT2D eigenvalue weighted by Crippen LogP contribution is 2.23. The van der Waals surface area contributed by atoms with E-state index < -0.39 is 0 Å². The maximum absolute atomic E-state index is 8.74. The van der Waals surface area contributed by atoms with Crippen molar-refractivity contribution in [2.75, 3.05) is 0 Å². The third-order valence-electron chi connectivity index (χ3n) is 2.81. The lowest BCUT2D eigenvalue weighted by atomic mass is 10.0. The van der Waals surface area contributed by atoms with Crippen molar-refractivity contribution in [1.29, 1.82) is 5.26 Å². The zero-order valence-electron chi connectivity index (χ0n) is 10.9. The predicted molar refractivity (Wildman–Crippen MR) is 71.0 cm³/mol. The Kier molecular flexibility index (Phi) is 3.38. The highest BCUT2D eigenvalue weighted by atomic mass is 14.9. The molecule has 0 aliphatic rings. The van der Waals surface area contributed by atoms with Crippen molar-refractivity contribution in [2.24, 2.45) is 0 Å². The van der Waals surface area contributed by atoms with E-state index in [0.29, 0.717) is 5.82 Å². The molecule has 3 heteroatoms. The first-order valence-electron chi connectivity index (χ1n) is 5.89. The average Bonchev–Trinajstić information content (AvgIpc) is 2.32. The van der Waals surface area contributed by atoms with Crippen molar-refractivity contribution in [3.8, 4) is 17.3 Å². The fourth-order valence-electron chi connectivity index (χ4n) is 1.93. The summed E-state index contributed by atoms with van der Waals surface area (Å²) in [6.45, 7) is 6.06. The lowest BCUT2D eigenvalue weighted by Gasteiger charge is -2.08. The fraction of sp³-hybridized carbons (Fsp3) is 0.267. The molecule has 2 rings (SSSR count). The number of hydrogen-bond acceptors (Lipinski definition) is 3. The van der Waals surface area contributed by atoms with Crippen LogP contribution in [0.1, 0.15) is 22.6 Å². The Morgan fingerprint density at radius 3 is 2.61 bits per heavy atom. The molecule has 0 aliphatic heterocycles. The molecule has 0 atom stereocenters. The van der Waals surface area contributed by atoms with Crippen molar-refractivity contribution < 1.29 is 0 Å². The number of rotatable bonds is 2. The minimum atomic E-state index is 0.250. The predicted octanol–water partition coefficient (Wildman–Crippen LogP) is 3.13. The molecular weight excluding hydrogens is 222 g/mol. The molecule has 2 aromatic rings.